The van der Waals surface area contributed by atoms with Gasteiger partial charge in [0.15, 0.2) is 0 Å². The molecule has 1 fully saturated rings. The summed E-state index contributed by atoms with van der Waals surface area (Å²) in [5.41, 5.74) is 5.37. The van der Waals surface area contributed by atoms with Crippen molar-refractivity contribution < 1.29 is 0 Å². The molecule has 26 heavy (non-hydrogen) atoms. The molecule has 0 radical (unpaired) electrons. The molecule has 2 heterocycles. The van der Waals surface area contributed by atoms with Gasteiger partial charge in [-0.2, -0.15) is 5.10 Å². The van der Waals surface area contributed by atoms with E-state index in [-0.39, 0.29) is 0 Å². The first-order valence-corrected chi connectivity index (χ1v) is 10.3. The van der Waals surface area contributed by atoms with Crippen LogP contribution in [0.1, 0.15) is 30.4 Å². The first-order chi connectivity index (χ1) is 12.8. The SMILES string of the molecule is Cn1nc(Sc2cccc3c2C=CCC3)c2cc(N3CCCC3)ccc21. The third kappa shape index (κ3) is 2.73. The van der Waals surface area contributed by atoms with Gasteiger partial charge in [0.1, 0.15) is 5.03 Å². The van der Waals surface area contributed by atoms with Gasteiger partial charge in [0, 0.05) is 36.1 Å². The van der Waals surface area contributed by atoms with Crippen LogP contribution in [0.5, 0.6) is 0 Å². The van der Waals surface area contributed by atoms with Crippen molar-refractivity contribution in [2.24, 2.45) is 7.05 Å². The number of hydrogen-bond donors (Lipinski definition) is 0. The monoisotopic (exact) mass is 361 g/mol. The number of aryl methyl sites for hydroxylation is 2. The zero-order valence-electron chi connectivity index (χ0n) is 15.1. The average molecular weight is 362 g/mol. The number of anilines is 1. The lowest BCUT2D eigenvalue weighted by atomic mass is 9.98. The highest BCUT2D eigenvalue weighted by Gasteiger charge is 2.17. The molecule has 0 unspecified atom stereocenters. The van der Waals surface area contributed by atoms with E-state index in [0.29, 0.717) is 0 Å². The highest BCUT2D eigenvalue weighted by molar-refractivity contribution is 7.99. The van der Waals surface area contributed by atoms with Gasteiger partial charge in [-0.25, -0.2) is 0 Å². The molecule has 1 aliphatic heterocycles. The van der Waals surface area contributed by atoms with E-state index < -0.39 is 0 Å². The van der Waals surface area contributed by atoms with Crippen molar-refractivity contribution in [3.05, 3.63) is 53.6 Å². The Labute approximate surface area is 158 Å². The minimum atomic E-state index is 1.11. The maximum absolute atomic E-state index is 4.84. The summed E-state index contributed by atoms with van der Waals surface area (Å²) in [7, 11) is 2.04. The van der Waals surface area contributed by atoms with Crippen molar-refractivity contribution >= 4 is 34.4 Å². The van der Waals surface area contributed by atoms with E-state index in [0.717, 1.165) is 17.9 Å². The van der Waals surface area contributed by atoms with E-state index in [9.17, 15) is 0 Å². The van der Waals surface area contributed by atoms with E-state index in [4.69, 9.17) is 5.10 Å². The van der Waals surface area contributed by atoms with Gasteiger partial charge in [-0.05, 0) is 61.1 Å². The van der Waals surface area contributed by atoms with Crippen LogP contribution in [0.15, 0.2) is 52.4 Å². The molecule has 132 valence electrons. The van der Waals surface area contributed by atoms with E-state index in [1.54, 1.807) is 11.8 Å². The second kappa shape index (κ2) is 6.51. The van der Waals surface area contributed by atoms with Crippen LogP contribution < -0.4 is 4.90 Å². The summed E-state index contributed by atoms with van der Waals surface area (Å²) >= 11 is 1.80. The van der Waals surface area contributed by atoms with Crippen LogP contribution in [0.2, 0.25) is 0 Å². The molecule has 4 heteroatoms. The van der Waals surface area contributed by atoms with Crippen molar-refractivity contribution in [1.82, 2.24) is 9.78 Å². The normalized spacial score (nSPS) is 16.4. The number of aromatic nitrogens is 2. The lowest BCUT2D eigenvalue weighted by Gasteiger charge is -2.17. The minimum absolute atomic E-state index is 1.11. The van der Waals surface area contributed by atoms with Gasteiger partial charge in [-0.15, -0.1) is 0 Å². The molecule has 2 aliphatic rings. The maximum atomic E-state index is 4.84. The highest BCUT2D eigenvalue weighted by Crippen LogP contribution is 2.38. The Morgan fingerprint density at radius 3 is 2.85 bits per heavy atom. The number of rotatable bonds is 3. The number of fused-ring (bicyclic) bond motifs is 2. The summed E-state index contributed by atoms with van der Waals surface area (Å²) in [5.74, 6) is 0. The maximum Gasteiger partial charge on any atom is 0.131 e. The first kappa shape index (κ1) is 16.0. The molecular weight excluding hydrogens is 338 g/mol. The molecule has 5 rings (SSSR count). The van der Waals surface area contributed by atoms with E-state index in [1.807, 2.05) is 11.7 Å². The van der Waals surface area contributed by atoms with Crippen molar-refractivity contribution in [1.29, 1.82) is 0 Å². The van der Waals surface area contributed by atoms with Gasteiger partial charge >= 0.3 is 0 Å². The third-order valence-electron chi connectivity index (χ3n) is 5.50. The largest absolute Gasteiger partial charge is 0.372 e. The molecule has 1 aromatic heterocycles. The van der Waals surface area contributed by atoms with Gasteiger partial charge in [0.2, 0.25) is 0 Å². The van der Waals surface area contributed by atoms with E-state index in [2.05, 4.69) is 53.5 Å². The standard InChI is InChI=1S/C22H23N3S/c1-24-20-12-11-17(25-13-4-5-14-25)15-19(20)22(23-24)26-21-10-6-8-16-7-2-3-9-18(16)21/h3,6,8-12,15H,2,4-5,7,13-14H2,1H3. The van der Waals surface area contributed by atoms with Crippen molar-refractivity contribution in [2.75, 3.05) is 18.0 Å². The smallest absolute Gasteiger partial charge is 0.131 e. The highest BCUT2D eigenvalue weighted by atomic mass is 32.2. The third-order valence-corrected chi connectivity index (χ3v) is 6.57. The lowest BCUT2D eigenvalue weighted by molar-refractivity contribution is 0.762. The van der Waals surface area contributed by atoms with Crippen molar-refractivity contribution in [3.8, 4) is 0 Å². The Bertz CT molecular complexity index is 996. The molecule has 1 saturated heterocycles. The van der Waals surface area contributed by atoms with Crippen LogP contribution in [0, 0.1) is 0 Å². The summed E-state index contributed by atoms with van der Waals surface area (Å²) in [5, 5.41) is 7.21. The number of benzene rings is 2. The lowest BCUT2D eigenvalue weighted by Crippen LogP contribution is -2.17. The fraction of sp³-hybridized carbons (Fsp3) is 0.318. The molecule has 0 bridgehead atoms. The Morgan fingerprint density at radius 1 is 1.08 bits per heavy atom. The van der Waals surface area contributed by atoms with Gasteiger partial charge in [0.05, 0.1) is 5.52 Å². The molecule has 0 N–H and O–H groups in total. The quantitative estimate of drug-likeness (QED) is 0.633. The van der Waals surface area contributed by atoms with Gasteiger partial charge < -0.3 is 4.90 Å². The van der Waals surface area contributed by atoms with Gasteiger partial charge in [-0.3, -0.25) is 4.68 Å². The first-order valence-electron chi connectivity index (χ1n) is 9.47. The van der Waals surface area contributed by atoms with Crippen LogP contribution in [0.25, 0.3) is 17.0 Å². The topological polar surface area (TPSA) is 21.1 Å². The van der Waals surface area contributed by atoms with Gasteiger partial charge in [0.25, 0.3) is 0 Å². The minimum Gasteiger partial charge on any atom is -0.372 e. The average Bonchev–Trinajstić information content (AvgIpc) is 3.31. The zero-order chi connectivity index (χ0) is 17.5. The van der Waals surface area contributed by atoms with Crippen LogP contribution >= 0.6 is 11.8 Å². The molecule has 3 nitrogen and oxygen atoms in total. The predicted molar refractivity (Wildman–Crippen MR) is 110 cm³/mol. The van der Waals surface area contributed by atoms with Crippen LogP contribution in [-0.4, -0.2) is 22.9 Å². The molecule has 3 aromatic rings. The number of nitrogens with zero attached hydrogens (tertiary/aromatic N) is 3. The summed E-state index contributed by atoms with van der Waals surface area (Å²) in [4.78, 5) is 3.80. The Morgan fingerprint density at radius 2 is 1.96 bits per heavy atom. The molecule has 0 atom stereocenters. The molecule has 0 amide bonds. The van der Waals surface area contributed by atoms with Gasteiger partial charge in [-0.1, -0.05) is 36.0 Å². The molecule has 2 aromatic carbocycles. The second-order valence-electron chi connectivity index (χ2n) is 7.20. The zero-order valence-corrected chi connectivity index (χ0v) is 15.9. The molecular formula is C22H23N3S. The Balaban J connectivity index is 1.57. The second-order valence-corrected chi connectivity index (χ2v) is 8.23. The molecule has 0 saturated carbocycles. The van der Waals surface area contributed by atoms with Crippen LogP contribution in [0.4, 0.5) is 5.69 Å². The van der Waals surface area contributed by atoms with E-state index in [1.165, 1.54) is 58.5 Å². The summed E-state index contributed by atoms with van der Waals surface area (Å²) in [6, 6.07) is 13.5. The predicted octanol–water partition coefficient (Wildman–Crippen LogP) is 5.28. The van der Waals surface area contributed by atoms with Crippen molar-refractivity contribution in [2.45, 2.75) is 35.6 Å². The molecule has 0 spiro atoms. The summed E-state index contributed by atoms with van der Waals surface area (Å²) < 4.78 is 2.01. The number of hydrogen-bond acceptors (Lipinski definition) is 3. The Hall–Kier alpha value is -2.20. The fourth-order valence-corrected chi connectivity index (χ4v) is 5.20. The van der Waals surface area contributed by atoms with Crippen LogP contribution in [-0.2, 0) is 13.5 Å². The summed E-state index contributed by atoms with van der Waals surface area (Å²) in [6.07, 6.45) is 9.45. The Kier molecular flexibility index (Phi) is 4.01. The summed E-state index contributed by atoms with van der Waals surface area (Å²) in [6.45, 7) is 2.34. The van der Waals surface area contributed by atoms with Crippen molar-refractivity contribution in [3.63, 3.8) is 0 Å². The molecule has 1 aliphatic carbocycles. The fourth-order valence-electron chi connectivity index (χ4n) is 4.10. The number of allylic oxidation sites excluding steroid dienone is 1. The van der Waals surface area contributed by atoms with Crippen LogP contribution in [0.3, 0.4) is 0 Å². The van der Waals surface area contributed by atoms with E-state index >= 15 is 0 Å².